The van der Waals surface area contributed by atoms with Crippen molar-refractivity contribution in [2.45, 2.75) is 0 Å². The molecule has 86 valence electrons. The second-order valence-electron chi connectivity index (χ2n) is 3.78. The zero-order valence-corrected chi connectivity index (χ0v) is 9.96. The van der Waals surface area contributed by atoms with Gasteiger partial charge in [0.25, 0.3) is 0 Å². The Morgan fingerprint density at radius 1 is 1.11 bits per heavy atom. The van der Waals surface area contributed by atoms with Crippen LogP contribution in [0.3, 0.4) is 0 Å². The summed E-state index contributed by atoms with van der Waals surface area (Å²) in [5.74, 6) is 0. The molecule has 5 heteroatoms. The van der Waals surface area contributed by atoms with Crippen molar-refractivity contribution in [2.24, 2.45) is 0 Å². The van der Waals surface area contributed by atoms with Crippen LogP contribution in [0.1, 0.15) is 5.56 Å². The molecule has 0 unspecified atom stereocenters. The number of aromatic nitrogens is 3. The molecule has 0 amide bonds. The summed E-state index contributed by atoms with van der Waals surface area (Å²) >= 11 is 5.96. The van der Waals surface area contributed by atoms with Crippen molar-refractivity contribution in [2.75, 3.05) is 0 Å². The number of fused-ring (bicyclic) bond motifs is 1. The third-order valence-corrected chi connectivity index (χ3v) is 2.96. The van der Waals surface area contributed by atoms with Gasteiger partial charge in [-0.3, -0.25) is 0 Å². The Morgan fingerprint density at radius 2 is 1.89 bits per heavy atom. The van der Waals surface area contributed by atoms with Crippen molar-refractivity contribution in [1.82, 2.24) is 14.8 Å². The average Bonchev–Trinajstić information content (AvgIpc) is 2.81. The first-order valence-corrected chi connectivity index (χ1v) is 5.67. The quantitative estimate of drug-likeness (QED) is 0.671. The molecule has 2 aliphatic rings. The Hall–Kier alpha value is -2.38. The van der Waals surface area contributed by atoms with E-state index in [0.717, 1.165) is 5.69 Å². The number of para-hydroxylation sites is 1. The van der Waals surface area contributed by atoms with Crippen LogP contribution in [0.2, 0.25) is 5.15 Å². The molecule has 0 atom stereocenters. The molecule has 1 aromatic carbocycles. The van der Waals surface area contributed by atoms with E-state index in [2.05, 4.69) is 16.3 Å². The van der Waals surface area contributed by atoms with Crippen LogP contribution < -0.4 is 0 Å². The number of nitriles is 1. The van der Waals surface area contributed by atoms with Crippen LogP contribution in [-0.4, -0.2) is 14.8 Å². The van der Waals surface area contributed by atoms with E-state index in [1.165, 1.54) is 0 Å². The number of pyridine rings is 1. The van der Waals surface area contributed by atoms with Crippen LogP contribution in [-0.2, 0) is 0 Å². The van der Waals surface area contributed by atoms with Crippen LogP contribution >= 0.6 is 11.6 Å². The van der Waals surface area contributed by atoms with Gasteiger partial charge in [-0.05, 0) is 12.1 Å². The second kappa shape index (κ2) is 4.13. The summed E-state index contributed by atoms with van der Waals surface area (Å²) in [5, 5.41) is 17.2. The topological polar surface area (TPSA) is 54.5 Å². The third kappa shape index (κ3) is 1.62. The maximum atomic E-state index is 9.14. The Morgan fingerprint density at radius 3 is 2.61 bits per heavy atom. The number of rotatable bonds is 1. The Balaban J connectivity index is 2.29. The molecule has 0 aliphatic carbocycles. The molecular weight excluding hydrogens is 248 g/mol. The number of hydrogen-bond donors (Lipinski definition) is 0. The molecule has 0 aromatic heterocycles. The maximum absolute atomic E-state index is 9.14. The summed E-state index contributed by atoms with van der Waals surface area (Å²) in [6, 6.07) is 11.8. The highest BCUT2D eigenvalue weighted by molar-refractivity contribution is 6.32. The molecule has 0 bridgehead atoms. The van der Waals surface area contributed by atoms with E-state index < -0.39 is 0 Å². The van der Waals surface area contributed by atoms with Crippen molar-refractivity contribution in [3.8, 4) is 23.0 Å². The Labute approximate surface area is 108 Å². The first-order chi connectivity index (χ1) is 8.79. The lowest BCUT2D eigenvalue weighted by Crippen LogP contribution is -1.99. The predicted octanol–water partition coefficient (Wildman–Crippen LogP) is 2.90. The van der Waals surface area contributed by atoms with E-state index in [9.17, 15) is 0 Å². The first kappa shape index (κ1) is 10.8. The molecule has 2 heterocycles. The Bertz CT molecular complexity index is 712. The van der Waals surface area contributed by atoms with Gasteiger partial charge in [-0.25, -0.2) is 0 Å². The fourth-order valence-electron chi connectivity index (χ4n) is 1.82. The van der Waals surface area contributed by atoms with Gasteiger partial charge in [0, 0.05) is 18.1 Å². The maximum Gasteiger partial charge on any atom is 0.162 e. The van der Waals surface area contributed by atoms with Crippen LogP contribution in [0.4, 0.5) is 0 Å². The molecule has 0 saturated heterocycles. The van der Waals surface area contributed by atoms with E-state index in [1.54, 1.807) is 6.20 Å². The lowest BCUT2D eigenvalue weighted by molar-refractivity contribution is 1.03. The summed E-state index contributed by atoms with van der Waals surface area (Å²) in [5.41, 5.74) is 2.62. The van der Waals surface area contributed by atoms with Crippen molar-refractivity contribution in [1.29, 1.82) is 5.26 Å². The lowest BCUT2D eigenvalue weighted by Gasteiger charge is -2.09. The molecular formula is C13H7ClN4. The van der Waals surface area contributed by atoms with Crippen molar-refractivity contribution < 1.29 is 0 Å². The summed E-state index contributed by atoms with van der Waals surface area (Å²) in [6.45, 7) is 0. The fraction of sp³-hybridized carbons (Fsp3) is 0. The number of halogens is 1. The minimum atomic E-state index is 0.312. The molecule has 2 aliphatic heterocycles. The van der Waals surface area contributed by atoms with Gasteiger partial charge in [0.2, 0.25) is 0 Å². The smallest absolute Gasteiger partial charge is 0.162 e. The highest BCUT2D eigenvalue weighted by atomic mass is 35.5. The van der Waals surface area contributed by atoms with Crippen molar-refractivity contribution >= 4 is 11.6 Å². The van der Waals surface area contributed by atoms with E-state index in [-0.39, 0.29) is 0 Å². The highest BCUT2D eigenvalue weighted by Crippen LogP contribution is 2.30. The van der Waals surface area contributed by atoms with Gasteiger partial charge >= 0.3 is 0 Å². The largest absolute Gasteiger partial charge is 0.322 e. The average molecular weight is 255 g/mol. The van der Waals surface area contributed by atoms with E-state index in [0.29, 0.717) is 22.0 Å². The highest BCUT2D eigenvalue weighted by Gasteiger charge is 2.17. The van der Waals surface area contributed by atoms with Gasteiger partial charge in [0.05, 0.1) is 11.1 Å². The van der Waals surface area contributed by atoms with Crippen LogP contribution in [0.25, 0.3) is 16.9 Å². The van der Waals surface area contributed by atoms with E-state index in [1.807, 2.05) is 41.1 Å². The van der Waals surface area contributed by atoms with E-state index in [4.69, 9.17) is 16.9 Å². The normalized spacial score (nSPS) is 10.4. The minimum Gasteiger partial charge on any atom is -0.322 e. The van der Waals surface area contributed by atoms with Crippen LogP contribution in [0.5, 0.6) is 0 Å². The minimum absolute atomic E-state index is 0.312. The summed E-state index contributed by atoms with van der Waals surface area (Å²) < 4.78 is 1.84. The summed E-state index contributed by atoms with van der Waals surface area (Å²) in [6.07, 6.45) is 3.55. The van der Waals surface area contributed by atoms with Gasteiger partial charge in [-0.1, -0.05) is 29.8 Å². The molecule has 4 nitrogen and oxygen atoms in total. The summed E-state index contributed by atoms with van der Waals surface area (Å²) in [4.78, 5) is 0. The summed E-state index contributed by atoms with van der Waals surface area (Å²) in [7, 11) is 0. The monoisotopic (exact) mass is 254 g/mol. The van der Waals surface area contributed by atoms with E-state index >= 15 is 0 Å². The second-order valence-corrected chi connectivity index (χ2v) is 4.14. The number of hydrogen-bond acceptors (Lipinski definition) is 3. The lowest BCUT2D eigenvalue weighted by atomic mass is 10.1. The van der Waals surface area contributed by atoms with Gasteiger partial charge < -0.3 is 4.57 Å². The molecule has 3 rings (SSSR count). The SMILES string of the molecule is N#Cc1cn(-c2ccccc2)cc2c(Cl)nnc1-2. The molecule has 0 fully saturated rings. The molecule has 0 spiro atoms. The van der Waals surface area contributed by atoms with Crippen molar-refractivity contribution in [3.63, 3.8) is 0 Å². The fourth-order valence-corrected chi connectivity index (χ4v) is 2.00. The first-order valence-electron chi connectivity index (χ1n) is 5.29. The molecule has 1 aromatic rings. The van der Waals surface area contributed by atoms with Gasteiger partial charge in [0.15, 0.2) is 5.15 Å². The molecule has 0 radical (unpaired) electrons. The predicted molar refractivity (Wildman–Crippen MR) is 67.7 cm³/mol. The number of benzene rings is 1. The molecule has 0 N–H and O–H groups in total. The van der Waals surface area contributed by atoms with Gasteiger partial charge in [-0.15, -0.1) is 10.2 Å². The third-order valence-electron chi connectivity index (χ3n) is 2.68. The van der Waals surface area contributed by atoms with Crippen LogP contribution in [0, 0.1) is 11.3 Å². The zero-order valence-electron chi connectivity index (χ0n) is 9.21. The van der Waals surface area contributed by atoms with Gasteiger partial charge in [-0.2, -0.15) is 5.26 Å². The van der Waals surface area contributed by atoms with Gasteiger partial charge in [0.1, 0.15) is 11.8 Å². The van der Waals surface area contributed by atoms with Crippen molar-refractivity contribution in [3.05, 3.63) is 53.4 Å². The molecule has 18 heavy (non-hydrogen) atoms. The zero-order chi connectivity index (χ0) is 12.5. The molecule has 0 saturated carbocycles. The van der Waals surface area contributed by atoms with Crippen LogP contribution in [0.15, 0.2) is 42.7 Å². The Kier molecular flexibility index (Phi) is 2.47. The standard InChI is InChI=1S/C13H7ClN4/c14-13-11-8-18(10-4-2-1-3-5-10)7-9(6-15)12(11)16-17-13/h1-5,7-8H. The number of nitrogens with zero attached hydrogens (tertiary/aromatic N) is 4.